The van der Waals surface area contributed by atoms with Crippen molar-refractivity contribution in [2.24, 2.45) is 0 Å². The lowest BCUT2D eigenvalue weighted by Gasteiger charge is -2.24. The fourth-order valence-corrected chi connectivity index (χ4v) is 5.20. The summed E-state index contributed by atoms with van der Waals surface area (Å²) in [6.07, 6.45) is 0. The predicted molar refractivity (Wildman–Crippen MR) is 141 cm³/mol. The lowest BCUT2D eigenvalue weighted by Crippen LogP contribution is -2.20. The summed E-state index contributed by atoms with van der Waals surface area (Å²) in [6.45, 7) is 3.55. The maximum absolute atomic E-state index is 14.1. The van der Waals surface area contributed by atoms with Gasteiger partial charge in [-0.15, -0.1) is 0 Å². The second-order valence-corrected chi connectivity index (χ2v) is 9.63. The third kappa shape index (κ3) is 6.96. The summed E-state index contributed by atoms with van der Waals surface area (Å²) >= 11 is 6.05. The average Bonchev–Trinajstić information content (AvgIpc) is 2.86. The highest BCUT2D eigenvalue weighted by molar-refractivity contribution is 7.60. The normalized spacial score (nSPS) is 12.0. The van der Waals surface area contributed by atoms with E-state index in [0.717, 1.165) is 0 Å². The highest BCUT2D eigenvalue weighted by Crippen LogP contribution is 2.58. The number of carbonyl (C=O) groups is 1. The van der Waals surface area contributed by atoms with Gasteiger partial charge in [-0.3, -0.25) is 9.36 Å². The van der Waals surface area contributed by atoms with E-state index in [0.29, 0.717) is 33.4 Å². The van der Waals surface area contributed by atoms with Crippen LogP contribution < -0.4 is 15.4 Å². The van der Waals surface area contributed by atoms with Crippen molar-refractivity contribution in [2.75, 3.05) is 31.0 Å². The van der Waals surface area contributed by atoms with Crippen molar-refractivity contribution in [3.05, 3.63) is 94.8 Å². The van der Waals surface area contributed by atoms with Crippen molar-refractivity contribution >= 4 is 42.2 Å². The van der Waals surface area contributed by atoms with E-state index in [9.17, 15) is 9.36 Å². The van der Waals surface area contributed by atoms with Crippen LogP contribution in [0.1, 0.15) is 19.4 Å². The minimum absolute atomic E-state index is 0.0829. The molecule has 0 bridgehead atoms. The predicted octanol–water partition coefficient (Wildman–Crippen LogP) is 7.03. The van der Waals surface area contributed by atoms with Crippen LogP contribution >= 0.6 is 19.2 Å². The van der Waals surface area contributed by atoms with Crippen molar-refractivity contribution in [3.63, 3.8) is 0 Å². The maximum atomic E-state index is 14.1. The van der Waals surface area contributed by atoms with Crippen molar-refractivity contribution in [1.29, 1.82) is 0 Å². The smallest absolute Gasteiger partial charge is 0.369 e. The van der Waals surface area contributed by atoms with E-state index < -0.39 is 13.5 Å². The molecule has 0 spiro atoms. The molecule has 0 aliphatic rings. The van der Waals surface area contributed by atoms with Gasteiger partial charge in [0.25, 0.3) is 5.91 Å². The summed E-state index contributed by atoms with van der Waals surface area (Å²) < 4.78 is 30.5. The van der Waals surface area contributed by atoms with Gasteiger partial charge in [-0.05, 0) is 67.9 Å². The second kappa shape index (κ2) is 12.6. The van der Waals surface area contributed by atoms with E-state index in [-0.39, 0.29) is 18.5 Å². The van der Waals surface area contributed by atoms with Gasteiger partial charge in [0.05, 0.1) is 26.0 Å². The number of benzene rings is 3. The van der Waals surface area contributed by atoms with Gasteiger partial charge in [-0.1, -0.05) is 41.9 Å². The molecule has 0 aliphatic carbocycles. The molecule has 0 atom stereocenters. The molecule has 0 saturated carbocycles. The Bertz CT molecular complexity index is 1190. The van der Waals surface area contributed by atoms with Crippen LogP contribution in [0.25, 0.3) is 5.70 Å². The number of anilines is 2. The number of hydrogen-bond donors (Lipinski definition) is 2. The Morgan fingerprint density at radius 2 is 1.37 bits per heavy atom. The second-order valence-electron chi connectivity index (χ2n) is 7.24. The van der Waals surface area contributed by atoms with Crippen LogP contribution in [0.15, 0.2) is 84.2 Å². The summed E-state index contributed by atoms with van der Waals surface area (Å²) in [4.78, 5) is 13.7. The molecule has 0 radical (unpaired) electrons. The number of rotatable bonds is 11. The fourth-order valence-electron chi connectivity index (χ4n) is 3.30. The first kappa shape index (κ1) is 26.5. The quantitative estimate of drug-likeness (QED) is 0.211. The monoisotopic (exact) mass is 514 g/mol. The molecule has 0 aliphatic heterocycles. The summed E-state index contributed by atoms with van der Waals surface area (Å²) in [5.41, 5.74) is 2.06. The van der Waals surface area contributed by atoms with Gasteiger partial charge in [0.1, 0.15) is 5.75 Å². The molecule has 3 rings (SSSR count). The zero-order valence-corrected chi connectivity index (χ0v) is 21.4. The largest absolute Gasteiger partial charge is 0.497 e. The molecule has 2 N–H and O–H groups in total. The SMILES string of the molecule is CCOP(=O)(OCC)/C(C(=O)Nc1ccc(OC)cc1)=C(/Nc1ccc(Cl)cc1)c1ccccc1. The minimum atomic E-state index is -4.05. The van der Waals surface area contributed by atoms with Crippen LogP contribution in [0.3, 0.4) is 0 Å². The number of carbonyl (C=O) groups excluding carboxylic acids is 1. The van der Waals surface area contributed by atoms with Crippen LogP contribution in [-0.4, -0.2) is 26.2 Å². The molecule has 0 unspecified atom stereocenters. The van der Waals surface area contributed by atoms with Gasteiger partial charge in [0, 0.05) is 16.4 Å². The van der Waals surface area contributed by atoms with Crippen LogP contribution in [-0.2, 0) is 18.4 Å². The third-order valence-corrected chi connectivity index (χ3v) is 7.27. The first-order valence-electron chi connectivity index (χ1n) is 11.1. The topological polar surface area (TPSA) is 85.9 Å². The molecule has 0 aromatic heterocycles. The number of ether oxygens (including phenoxy) is 1. The maximum Gasteiger partial charge on any atom is 0.369 e. The van der Waals surface area contributed by atoms with Crippen molar-refractivity contribution < 1.29 is 23.1 Å². The lowest BCUT2D eigenvalue weighted by molar-refractivity contribution is -0.112. The number of halogens is 1. The van der Waals surface area contributed by atoms with E-state index >= 15 is 0 Å². The van der Waals surface area contributed by atoms with Gasteiger partial charge in [-0.2, -0.15) is 0 Å². The molecular formula is C26H28ClN2O5P. The van der Waals surface area contributed by atoms with Crippen LogP contribution in [0.2, 0.25) is 5.02 Å². The minimum Gasteiger partial charge on any atom is -0.497 e. The van der Waals surface area contributed by atoms with Crippen LogP contribution in [0.4, 0.5) is 11.4 Å². The zero-order valence-electron chi connectivity index (χ0n) is 19.8. The van der Waals surface area contributed by atoms with Gasteiger partial charge >= 0.3 is 7.60 Å². The molecule has 3 aromatic carbocycles. The van der Waals surface area contributed by atoms with Gasteiger partial charge in [-0.25, -0.2) is 0 Å². The Labute approximate surface area is 210 Å². The first-order chi connectivity index (χ1) is 16.9. The standard InChI is InChI=1S/C26H28ClN2O5P/c1-4-33-35(31,34-5-2)25(26(30)29-22-15-17-23(32-3)18-16-22)24(19-9-7-6-8-10-19)28-21-13-11-20(27)12-14-21/h6-18,28H,4-5H2,1-3H3,(H,29,30)/b25-24+. The Morgan fingerprint density at radius 1 is 0.829 bits per heavy atom. The number of nitrogens with one attached hydrogen (secondary N) is 2. The highest BCUT2D eigenvalue weighted by Gasteiger charge is 2.38. The summed E-state index contributed by atoms with van der Waals surface area (Å²) in [5.74, 6) is 0.0168. The molecule has 1 amide bonds. The Balaban J connectivity index is 2.19. The Hall–Kier alpha value is -3.09. The van der Waals surface area contributed by atoms with E-state index in [4.69, 9.17) is 25.4 Å². The summed E-state index contributed by atoms with van der Waals surface area (Å²) in [5, 5.41) is 6.48. The Kier molecular flexibility index (Phi) is 9.52. The summed E-state index contributed by atoms with van der Waals surface area (Å²) in [6, 6.07) is 22.9. The summed E-state index contributed by atoms with van der Waals surface area (Å²) in [7, 11) is -2.49. The first-order valence-corrected chi connectivity index (χ1v) is 13.0. The van der Waals surface area contributed by atoms with Gasteiger partial charge in [0.2, 0.25) is 0 Å². The fraction of sp³-hybridized carbons (Fsp3) is 0.192. The van der Waals surface area contributed by atoms with E-state index in [1.807, 2.05) is 18.2 Å². The van der Waals surface area contributed by atoms with Gasteiger partial charge < -0.3 is 24.4 Å². The van der Waals surface area contributed by atoms with E-state index in [2.05, 4.69) is 10.6 Å². The van der Waals surface area contributed by atoms with Crippen LogP contribution in [0, 0.1) is 0 Å². The average molecular weight is 515 g/mol. The zero-order chi connectivity index (χ0) is 25.3. The molecule has 7 nitrogen and oxygen atoms in total. The molecule has 35 heavy (non-hydrogen) atoms. The molecule has 0 fully saturated rings. The molecule has 0 heterocycles. The van der Waals surface area contributed by atoms with Gasteiger partial charge in [0.15, 0.2) is 5.31 Å². The van der Waals surface area contributed by atoms with Crippen LogP contribution in [0.5, 0.6) is 5.75 Å². The lowest BCUT2D eigenvalue weighted by atomic mass is 10.1. The number of methoxy groups -OCH3 is 1. The van der Waals surface area contributed by atoms with Crippen molar-refractivity contribution in [1.82, 2.24) is 0 Å². The number of amides is 1. The van der Waals surface area contributed by atoms with Crippen molar-refractivity contribution in [2.45, 2.75) is 13.8 Å². The molecule has 3 aromatic rings. The number of hydrogen-bond acceptors (Lipinski definition) is 6. The van der Waals surface area contributed by atoms with Crippen molar-refractivity contribution in [3.8, 4) is 5.75 Å². The van der Waals surface area contributed by atoms with E-state index in [1.165, 1.54) is 0 Å². The molecule has 184 valence electrons. The third-order valence-electron chi connectivity index (χ3n) is 4.85. The Morgan fingerprint density at radius 3 is 1.91 bits per heavy atom. The molecule has 9 heteroatoms. The highest BCUT2D eigenvalue weighted by atomic mass is 35.5. The molecule has 0 saturated heterocycles. The molecular weight excluding hydrogens is 487 g/mol. The van der Waals surface area contributed by atoms with E-state index in [1.54, 1.807) is 81.6 Å².